The zero-order valence-corrected chi connectivity index (χ0v) is 20.7. The number of aromatic hydroxyl groups is 1. The number of rotatable bonds is 6. The first kappa shape index (κ1) is 24.0. The zero-order chi connectivity index (χ0) is 22.3. The van der Waals surface area contributed by atoms with Gasteiger partial charge in [-0.3, -0.25) is 4.90 Å². The maximum Gasteiger partial charge on any atom is 0.203 e. The third kappa shape index (κ3) is 4.04. The van der Waals surface area contributed by atoms with Gasteiger partial charge in [0.05, 0.1) is 21.3 Å². The summed E-state index contributed by atoms with van der Waals surface area (Å²) in [5.41, 5.74) is 4.37. The number of nitrogens with zero attached hydrogens (tertiary/aromatic N) is 1. The van der Waals surface area contributed by atoms with E-state index in [2.05, 4.69) is 29.2 Å². The van der Waals surface area contributed by atoms with E-state index in [0.29, 0.717) is 23.5 Å². The summed E-state index contributed by atoms with van der Waals surface area (Å²) in [6.07, 6.45) is 8.46. The maximum absolute atomic E-state index is 10.2. The Morgan fingerprint density at radius 1 is 1.00 bits per heavy atom. The van der Waals surface area contributed by atoms with Gasteiger partial charge in [0, 0.05) is 18.0 Å². The highest BCUT2D eigenvalue weighted by molar-refractivity contribution is 5.85. The van der Waals surface area contributed by atoms with E-state index in [0.717, 1.165) is 37.4 Å². The van der Waals surface area contributed by atoms with Gasteiger partial charge in [-0.25, -0.2) is 0 Å². The summed E-state index contributed by atoms with van der Waals surface area (Å²) >= 11 is 0. The van der Waals surface area contributed by atoms with E-state index >= 15 is 0 Å². The molecule has 2 aromatic rings. The molecule has 180 valence electrons. The van der Waals surface area contributed by atoms with Crippen molar-refractivity contribution < 1.29 is 19.3 Å². The van der Waals surface area contributed by atoms with Crippen LogP contribution in [-0.2, 0) is 18.3 Å². The first-order valence-corrected chi connectivity index (χ1v) is 11.9. The molecule has 0 unspecified atom stereocenters. The van der Waals surface area contributed by atoms with Gasteiger partial charge in [0.25, 0.3) is 0 Å². The van der Waals surface area contributed by atoms with Crippen molar-refractivity contribution >= 4 is 12.4 Å². The van der Waals surface area contributed by atoms with E-state index < -0.39 is 0 Å². The molecule has 5 rings (SSSR count). The van der Waals surface area contributed by atoms with Crippen molar-refractivity contribution in [3.05, 3.63) is 47.0 Å². The van der Waals surface area contributed by atoms with Crippen LogP contribution in [-0.4, -0.2) is 50.5 Å². The molecule has 1 heterocycles. The van der Waals surface area contributed by atoms with Crippen LogP contribution in [0, 0.1) is 5.92 Å². The minimum absolute atomic E-state index is 0. The smallest absolute Gasteiger partial charge is 0.203 e. The van der Waals surface area contributed by atoms with Crippen molar-refractivity contribution in [2.45, 2.75) is 56.4 Å². The number of halogens is 1. The van der Waals surface area contributed by atoms with E-state index in [1.54, 1.807) is 21.3 Å². The van der Waals surface area contributed by atoms with E-state index in [-0.39, 0.29) is 17.8 Å². The fourth-order valence-electron chi connectivity index (χ4n) is 6.90. The van der Waals surface area contributed by atoms with E-state index in [9.17, 15) is 5.11 Å². The Kier molecular flexibility index (Phi) is 7.01. The van der Waals surface area contributed by atoms with Crippen molar-refractivity contribution in [1.29, 1.82) is 0 Å². The fourth-order valence-corrected chi connectivity index (χ4v) is 6.90. The zero-order valence-electron chi connectivity index (χ0n) is 19.9. The van der Waals surface area contributed by atoms with E-state index in [4.69, 9.17) is 14.2 Å². The molecule has 2 aromatic carbocycles. The van der Waals surface area contributed by atoms with Gasteiger partial charge in [-0.1, -0.05) is 18.9 Å². The molecule has 0 radical (unpaired) electrons. The average molecular weight is 474 g/mol. The second-order valence-electron chi connectivity index (χ2n) is 9.69. The molecule has 0 amide bonds. The quantitative estimate of drug-likeness (QED) is 0.629. The molecule has 2 fully saturated rings. The Balaban J connectivity index is 0.00000259. The third-order valence-electron chi connectivity index (χ3n) is 8.35. The van der Waals surface area contributed by atoms with Crippen LogP contribution in [0.15, 0.2) is 30.3 Å². The Hall–Kier alpha value is -2.11. The van der Waals surface area contributed by atoms with Crippen LogP contribution in [0.5, 0.6) is 23.0 Å². The van der Waals surface area contributed by atoms with Gasteiger partial charge in [-0.05, 0) is 85.5 Å². The third-order valence-corrected chi connectivity index (χ3v) is 8.35. The van der Waals surface area contributed by atoms with Crippen molar-refractivity contribution in [3.8, 4) is 23.0 Å². The number of hydrogen-bond acceptors (Lipinski definition) is 5. The maximum atomic E-state index is 10.2. The normalized spacial score (nSPS) is 25.9. The summed E-state index contributed by atoms with van der Waals surface area (Å²) in [5.74, 6) is 3.21. The van der Waals surface area contributed by atoms with Gasteiger partial charge in [0.2, 0.25) is 5.75 Å². The predicted molar refractivity (Wildman–Crippen MR) is 132 cm³/mol. The van der Waals surface area contributed by atoms with Gasteiger partial charge < -0.3 is 19.3 Å². The fraction of sp³-hybridized carbons (Fsp3) is 0.556. The molecule has 2 aliphatic carbocycles. The molecule has 0 aromatic heterocycles. The highest BCUT2D eigenvalue weighted by Gasteiger charge is 2.53. The lowest BCUT2D eigenvalue weighted by molar-refractivity contribution is -0.0107. The molecule has 6 heteroatoms. The predicted octanol–water partition coefficient (Wildman–Crippen LogP) is 5.14. The standard InChI is InChI=1S/C27H35NO4.ClH/c1-30-24-14-18(15-25(31-2)26(24)32-3)9-12-28-13-11-27-10-5-4-6-21(27)23(28)16-19-7-8-20(29)17-22(19)27;/h7-8,14-15,17,21,23,29H,4-6,9-13,16H2,1-3H3;1H/t21-,23-,27+;/m0./s1. The molecule has 1 aliphatic heterocycles. The van der Waals surface area contributed by atoms with Crippen LogP contribution in [0.25, 0.3) is 0 Å². The Labute approximate surface area is 203 Å². The molecular formula is C27H36ClNO4. The molecule has 1 N–H and O–H groups in total. The highest BCUT2D eigenvalue weighted by atomic mass is 35.5. The summed E-state index contributed by atoms with van der Waals surface area (Å²) < 4.78 is 16.6. The minimum atomic E-state index is 0. The number of fused-ring (bicyclic) bond motifs is 1. The topological polar surface area (TPSA) is 51.2 Å². The molecular weight excluding hydrogens is 438 g/mol. The summed E-state index contributed by atoms with van der Waals surface area (Å²) in [6.45, 7) is 2.16. The molecule has 1 saturated heterocycles. The first-order valence-electron chi connectivity index (χ1n) is 11.9. The summed E-state index contributed by atoms with van der Waals surface area (Å²) in [7, 11) is 4.99. The Morgan fingerprint density at radius 2 is 1.76 bits per heavy atom. The number of ether oxygens (including phenoxy) is 3. The average Bonchev–Trinajstić information content (AvgIpc) is 2.83. The second kappa shape index (κ2) is 9.63. The number of benzene rings is 2. The molecule has 2 bridgehead atoms. The monoisotopic (exact) mass is 473 g/mol. The molecule has 1 saturated carbocycles. The Morgan fingerprint density at radius 3 is 2.45 bits per heavy atom. The lowest BCUT2D eigenvalue weighted by Crippen LogP contribution is -2.61. The van der Waals surface area contributed by atoms with Crippen LogP contribution in [0.2, 0.25) is 0 Å². The number of phenols is 1. The molecule has 3 atom stereocenters. The van der Waals surface area contributed by atoms with Crippen molar-refractivity contribution in [1.82, 2.24) is 4.90 Å². The van der Waals surface area contributed by atoms with Crippen molar-refractivity contribution in [2.24, 2.45) is 5.92 Å². The molecule has 3 aliphatic rings. The number of methoxy groups -OCH3 is 3. The van der Waals surface area contributed by atoms with Gasteiger partial charge in [-0.15, -0.1) is 12.4 Å². The molecule has 0 spiro atoms. The highest BCUT2D eigenvalue weighted by Crippen LogP contribution is 2.56. The van der Waals surface area contributed by atoms with E-state index in [1.165, 1.54) is 48.8 Å². The van der Waals surface area contributed by atoms with Crippen LogP contribution >= 0.6 is 12.4 Å². The van der Waals surface area contributed by atoms with Crippen LogP contribution in [0.3, 0.4) is 0 Å². The Bertz CT molecular complexity index is 971. The first-order chi connectivity index (χ1) is 15.6. The largest absolute Gasteiger partial charge is 0.508 e. The lowest BCUT2D eigenvalue weighted by atomic mass is 9.52. The number of hydrogen-bond donors (Lipinski definition) is 1. The summed E-state index contributed by atoms with van der Waals surface area (Å²) in [4.78, 5) is 2.73. The lowest BCUT2D eigenvalue weighted by Gasteiger charge is -2.59. The van der Waals surface area contributed by atoms with Crippen LogP contribution < -0.4 is 14.2 Å². The van der Waals surface area contributed by atoms with Crippen molar-refractivity contribution in [3.63, 3.8) is 0 Å². The van der Waals surface area contributed by atoms with Gasteiger partial charge in [0.1, 0.15) is 5.75 Å². The van der Waals surface area contributed by atoms with Gasteiger partial charge >= 0.3 is 0 Å². The second-order valence-corrected chi connectivity index (χ2v) is 9.69. The number of phenolic OH excluding ortho intramolecular Hbond substituents is 1. The van der Waals surface area contributed by atoms with Gasteiger partial charge in [0.15, 0.2) is 11.5 Å². The molecule has 5 nitrogen and oxygen atoms in total. The number of likely N-dealkylation sites (tertiary alicyclic amines) is 1. The van der Waals surface area contributed by atoms with Crippen molar-refractivity contribution in [2.75, 3.05) is 34.4 Å². The SMILES string of the molecule is COc1cc(CCN2CC[C@]34CCCC[C@H]3[C@@H]2Cc2ccc(O)cc24)cc(OC)c1OC.Cl. The van der Waals surface area contributed by atoms with Crippen LogP contribution in [0.1, 0.15) is 48.8 Å². The van der Waals surface area contributed by atoms with E-state index in [1.807, 2.05) is 6.07 Å². The van der Waals surface area contributed by atoms with Crippen LogP contribution in [0.4, 0.5) is 0 Å². The summed E-state index contributed by atoms with van der Waals surface area (Å²) in [6, 6.07) is 10.9. The van der Waals surface area contributed by atoms with Gasteiger partial charge in [-0.2, -0.15) is 0 Å². The number of piperidine rings is 1. The molecule has 33 heavy (non-hydrogen) atoms. The summed E-state index contributed by atoms with van der Waals surface area (Å²) in [5, 5.41) is 10.2. The minimum Gasteiger partial charge on any atom is -0.508 e.